The Hall–Kier alpha value is -3.05. The summed E-state index contributed by atoms with van der Waals surface area (Å²) in [7, 11) is 0. The van der Waals surface area contributed by atoms with Crippen LogP contribution in [0.2, 0.25) is 5.02 Å². The number of hydrogen-bond acceptors (Lipinski definition) is 5. The highest BCUT2D eigenvalue weighted by Gasteiger charge is 2.50. The molecule has 0 saturated heterocycles. The first-order valence-corrected chi connectivity index (χ1v) is 10.1. The van der Waals surface area contributed by atoms with Gasteiger partial charge in [-0.2, -0.15) is 0 Å². The summed E-state index contributed by atoms with van der Waals surface area (Å²) in [6.07, 6.45) is 2.96. The molecule has 30 heavy (non-hydrogen) atoms. The number of carbonyl (C=O) groups excluding carboxylic acids is 2. The molecule has 0 N–H and O–H groups in total. The zero-order valence-corrected chi connectivity index (χ0v) is 17.7. The highest BCUT2D eigenvalue weighted by Crippen LogP contribution is 2.45. The lowest BCUT2D eigenvalue weighted by molar-refractivity contribution is -0.124. The van der Waals surface area contributed by atoms with Crippen LogP contribution in [-0.2, 0) is 16.8 Å². The Labute approximate surface area is 180 Å². The number of nitrogens with zero attached hydrogens (tertiary/aromatic N) is 2. The van der Waals surface area contributed by atoms with Crippen LogP contribution in [0.5, 0.6) is 5.75 Å². The first-order chi connectivity index (χ1) is 14.3. The first-order valence-electron chi connectivity index (χ1n) is 9.68. The number of hydrogen-bond donors (Lipinski definition) is 0. The second-order valence-electron chi connectivity index (χ2n) is 7.92. The van der Waals surface area contributed by atoms with E-state index >= 15 is 0 Å². The molecule has 0 spiro atoms. The average molecular weight is 421 g/mol. The van der Waals surface area contributed by atoms with E-state index in [1.54, 1.807) is 19.9 Å². The van der Waals surface area contributed by atoms with Gasteiger partial charge >= 0.3 is 0 Å². The number of ketones is 2. The van der Waals surface area contributed by atoms with Crippen LogP contribution in [0.3, 0.4) is 0 Å². The Morgan fingerprint density at radius 3 is 2.47 bits per heavy atom. The van der Waals surface area contributed by atoms with E-state index in [0.717, 1.165) is 11.1 Å². The molecule has 0 radical (unpaired) electrons. The van der Waals surface area contributed by atoms with Gasteiger partial charge in [-0.3, -0.25) is 14.6 Å². The Kier molecular flexibility index (Phi) is 5.16. The second-order valence-corrected chi connectivity index (χ2v) is 8.33. The fraction of sp³-hybridized carbons (Fsp3) is 0.250. The molecule has 2 aromatic carbocycles. The quantitative estimate of drug-likeness (QED) is 0.564. The molecule has 0 bridgehead atoms. The number of ether oxygens (including phenoxy) is 1. The molecule has 4 rings (SSSR count). The molecule has 1 aromatic heterocycles. The largest absolute Gasteiger partial charge is 0.488 e. The summed E-state index contributed by atoms with van der Waals surface area (Å²) in [4.78, 5) is 35.4. The van der Waals surface area contributed by atoms with Crippen molar-refractivity contribution in [2.24, 2.45) is 0 Å². The Morgan fingerprint density at radius 1 is 1.03 bits per heavy atom. The molecule has 0 saturated carbocycles. The fourth-order valence-electron chi connectivity index (χ4n) is 3.85. The second kappa shape index (κ2) is 7.65. The van der Waals surface area contributed by atoms with E-state index < -0.39 is 17.1 Å². The first kappa shape index (κ1) is 20.2. The van der Waals surface area contributed by atoms with Gasteiger partial charge in [0.15, 0.2) is 11.6 Å². The number of benzene rings is 2. The molecule has 3 aromatic rings. The van der Waals surface area contributed by atoms with Gasteiger partial charge in [0, 0.05) is 23.0 Å². The molecule has 1 aliphatic carbocycles. The van der Waals surface area contributed by atoms with Gasteiger partial charge in [-0.15, -0.1) is 0 Å². The smallest absolute Gasteiger partial charge is 0.198 e. The van der Waals surface area contributed by atoms with Gasteiger partial charge < -0.3 is 4.74 Å². The van der Waals surface area contributed by atoms with Gasteiger partial charge in [0.05, 0.1) is 11.1 Å². The highest BCUT2D eigenvalue weighted by molar-refractivity contribution is 6.33. The maximum atomic E-state index is 13.5. The highest BCUT2D eigenvalue weighted by atomic mass is 35.5. The number of carbonyl (C=O) groups is 2. The minimum Gasteiger partial charge on any atom is -0.488 e. The van der Waals surface area contributed by atoms with E-state index in [4.69, 9.17) is 16.3 Å². The summed E-state index contributed by atoms with van der Waals surface area (Å²) in [6, 6.07) is 13.2. The van der Waals surface area contributed by atoms with Gasteiger partial charge in [0.1, 0.15) is 24.0 Å². The van der Waals surface area contributed by atoms with E-state index in [-0.39, 0.29) is 11.5 Å². The lowest BCUT2D eigenvalue weighted by Crippen LogP contribution is -2.44. The van der Waals surface area contributed by atoms with E-state index in [1.165, 1.54) is 12.4 Å². The Morgan fingerprint density at radius 2 is 1.73 bits per heavy atom. The standard InChI is InChI=1S/C24H21ClN2O3/c1-14-9-10-16(25)17(21(14)30-13-15-7-5-4-6-8-15)18-20(28)19-22(27-12-11-26-19)24(2,3)23(18)29/h4-12,18H,13H2,1-3H3. The van der Waals surface area contributed by atoms with Crippen molar-refractivity contribution in [3.63, 3.8) is 0 Å². The summed E-state index contributed by atoms with van der Waals surface area (Å²) >= 11 is 6.55. The molecule has 0 fully saturated rings. The van der Waals surface area contributed by atoms with E-state index in [0.29, 0.717) is 28.6 Å². The van der Waals surface area contributed by atoms with E-state index in [2.05, 4.69) is 9.97 Å². The van der Waals surface area contributed by atoms with Gasteiger partial charge in [0.2, 0.25) is 0 Å². The van der Waals surface area contributed by atoms with E-state index in [1.807, 2.05) is 43.3 Å². The number of aromatic nitrogens is 2. The van der Waals surface area contributed by atoms with Crippen molar-refractivity contribution < 1.29 is 14.3 Å². The van der Waals surface area contributed by atoms with Crippen molar-refractivity contribution in [2.75, 3.05) is 0 Å². The normalized spacial score (nSPS) is 17.5. The van der Waals surface area contributed by atoms with Crippen LogP contribution in [0.15, 0.2) is 54.9 Å². The molecule has 1 unspecified atom stereocenters. The molecule has 152 valence electrons. The molecule has 1 aliphatic rings. The zero-order chi connectivity index (χ0) is 21.5. The number of fused-ring (bicyclic) bond motifs is 1. The maximum absolute atomic E-state index is 13.5. The summed E-state index contributed by atoms with van der Waals surface area (Å²) < 4.78 is 6.12. The van der Waals surface area contributed by atoms with Gasteiger partial charge in [-0.05, 0) is 38.0 Å². The fourth-order valence-corrected chi connectivity index (χ4v) is 4.10. The summed E-state index contributed by atoms with van der Waals surface area (Å²) in [5.41, 5.74) is 1.79. The monoisotopic (exact) mass is 420 g/mol. The van der Waals surface area contributed by atoms with Gasteiger partial charge in [0.25, 0.3) is 0 Å². The number of rotatable bonds is 4. The summed E-state index contributed by atoms with van der Waals surface area (Å²) in [5, 5.41) is 0.318. The minimum absolute atomic E-state index is 0.207. The SMILES string of the molecule is Cc1ccc(Cl)c(C2C(=O)c3nccnc3C(C)(C)C2=O)c1OCc1ccccc1. The number of aryl methyl sites for hydroxylation is 1. The Bertz CT molecular complexity index is 1140. The third kappa shape index (κ3) is 3.29. The van der Waals surface area contributed by atoms with Crippen LogP contribution >= 0.6 is 11.6 Å². The molecule has 5 nitrogen and oxygen atoms in total. The average Bonchev–Trinajstić information content (AvgIpc) is 2.75. The van der Waals surface area contributed by atoms with Crippen molar-refractivity contribution in [2.45, 2.75) is 38.7 Å². The Balaban J connectivity index is 1.83. The van der Waals surface area contributed by atoms with Crippen molar-refractivity contribution in [3.8, 4) is 5.75 Å². The molecule has 1 heterocycles. The predicted octanol–water partition coefficient (Wildman–Crippen LogP) is 4.84. The van der Waals surface area contributed by atoms with Gasteiger partial charge in [-0.1, -0.05) is 48.0 Å². The molecule has 1 atom stereocenters. The lowest BCUT2D eigenvalue weighted by Gasteiger charge is -2.34. The number of Topliss-reactive ketones (excluding diaryl/α,β-unsaturated/α-hetero) is 2. The van der Waals surface area contributed by atoms with Crippen molar-refractivity contribution in [1.29, 1.82) is 0 Å². The number of halogens is 1. The molecule has 0 amide bonds. The van der Waals surface area contributed by atoms with Crippen LogP contribution in [0.25, 0.3) is 0 Å². The minimum atomic E-state index is -1.10. The molecular formula is C24H21ClN2O3. The summed E-state index contributed by atoms with van der Waals surface area (Å²) in [6.45, 7) is 5.69. The van der Waals surface area contributed by atoms with Crippen molar-refractivity contribution >= 4 is 23.2 Å². The topological polar surface area (TPSA) is 69.2 Å². The van der Waals surface area contributed by atoms with Crippen LogP contribution < -0.4 is 4.74 Å². The van der Waals surface area contributed by atoms with Crippen molar-refractivity contribution in [1.82, 2.24) is 9.97 Å². The lowest BCUT2D eigenvalue weighted by atomic mass is 9.68. The summed E-state index contributed by atoms with van der Waals surface area (Å²) in [5.74, 6) is -1.30. The third-order valence-corrected chi connectivity index (χ3v) is 5.85. The third-order valence-electron chi connectivity index (χ3n) is 5.52. The van der Waals surface area contributed by atoms with Gasteiger partial charge in [-0.25, -0.2) is 4.98 Å². The molecule has 6 heteroatoms. The van der Waals surface area contributed by atoms with Crippen molar-refractivity contribution in [3.05, 3.63) is 88.0 Å². The van der Waals surface area contributed by atoms with Crippen LogP contribution in [0, 0.1) is 6.92 Å². The van der Waals surface area contributed by atoms with Crippen LogP contribution in [-0.4, -0.2) is 21.5 Å². The maximum Gasteiger partial charge on any atom is 0.198 e. The van der Waals surface area contributed by atoms with Crippen LogP contribution in [0.4, 0.5) is 0 Å². The molecular weight excluding hydrogens is 400 g/mol. The van der Waals surface area contributed by atoms with E-state index in [9.17, 15) is 9.59 Å². The molecule has 0 aliphatic heterocycles. The predicted molar refractivity (Wildman–Crippen MR) is 114 cm³/mol. The van der Waals surface area contributed by atoms with Crippen LogP contribution in [0.1, 0.15) is 52.6 Å². The zero-order valence-electron chi connectivity index (χ0n) is 17.0.